The largest absolute Gasteiger partial charge is 0.393 e. The Morgan fingerprint density at radius 2 is 0.924 bits per heavy atom. The number of hydrogen-bond donors (Lipinski definition) is 6. The minimum Gasteiger partial charge on any atom is -0.393 e. The van der Waals surface area contributed by atoms with E-state index >= 15 is 9.59 Å². The van der Waals surface area contributed by atoms with Crippen molar-refractivity contribution in [2.45, 2.75) is 180 Å². The molecule has 27 heteroatoms. The maximum atomic E-state index is 15.2. The average Bonchev–Trinajstić information content (AvgIpc) is 0.818. The van der Waals surface area contributed by atoms with Crippen LogP contribution >= 0.6 is 0 Å². The van der Waals surface area contributed by atoms with Crippen molar-refractivity contribution in [1.29, 1.82) is 0 Å². The quantitative estimate of drug-likeness (QED) is 0.0349. The number of carbonyl (C=O) groups is 12. The predicted molar refractivity (Wildman–Crippen MR) is 398 cm³/mol. The van der Waals surface area contributed by atoms with Crippen LogP contribution in [-0.2, 0) is 88.1 Å². The smallest absolute Gasteiger partial charge is 0.246 e. The zero-order valence-corrected chi connectivity index (χ0v) is 63.7. The molecule has 4 aromatic carbocycles. The van der Waals surface area contributed by atoms with Gasteiger partial charge in [-0.25, -0.2) is 0 Å². The third kappa shape index (κ3) is 26.5. The SMILES string of the molecule is CC(C)C[C@@H](C(=O)N(C)C(Cc1ccccc1)C(=O)NCC(=O)N(C)[C@@H](Cc1ccccc1)C(=O)N(C)[C@@H](C)C(N)=O)N(C)C(=O)[C@@H](NC(=O)CCN(C)OCCC(NC(=O)CC(C)O)C(=O)N(C)[C@@H](Cc1ccccc1)C(=O)N(C)[C@@H](Cc1ccccc1)C(=O)N[C@@H](C)C(=O)N1CCCCC1)C(C)C. The van der Waals surface area contributed by atoms with Gasteiger partial charge in [-0.05, 0) is 80.5 Å². The maximum absolute atomic E-state index is 15.2. The minimum absolute atomic E-state index is 0.00561. The number of likely N-dealkylation sites (N-methyl/N-ethyl adjacent to an activating group) is 6. The van der Waals surface area contributed by atoms with E-state index in [0.717, 1.165) is 30.4 Å². The number of nitrogens with zero attached hydrogens (tertiary/aromatic N) is 8. The Morgan fingerprint density at radius 1 is 0.495 bits per heavy atom. The molecule has 7 N–H and O–H groups in total. The van der Waals surface area contributed by atoms with Crippen molar-refractivity contribution in [2.24, 2.45) is 17.6 Å². The third-order valence-electron chi connectivity index (χ3n) is 19.3. The lowest BCUT2D eigenvalue weighted by atomic mass is 9.96. The second-order valence-corrected chi connectivity index (χ2v) is 28.3. The number of piperidine rings is 1. The number of aliphatic hydroxyl groups excluding tert-OH is 1. The van der Waals surface area contributed by atoms with E-state index < -0.39 is 138 Å². The van der Waals surface area contributed by atoms with E-state index in [0.29, 0.717) is 24.2 Å². The van der Waals surface area contributed by atoms with Crippen LogP contribution in [0.15, 0.2) is 121 Å². The van der Waals surface area contributed by atoms with Gasteiger partial charge >= 0.3 is 0 Å². The van der Waals surface area contributed by atoms with Gasteiger partial charge in [0, 0.05) is 107 Å². The highest BCUT2D eigenvalue weighted by Gasteiger charge is 2.42. The molecule has 0 saturated carbocycles. The van der Waals surface area contributed by atoms with Gasteiger partial charge in [0.05, 0.1) is 25.7 Å². The molecule has 27 nitrogen and oxygen atoms in total. The van der Waals surface area contributed by atoms with Crippen LogP contribution in [0.2, 0.25) is 0 Å². The lowest BCUT2D eigenvalue weighted by Gasteiger charge is -2.37. The van der Waals surface area contributed by atoms with Crippen LogP contribution in [0.3, 0.4) is 0 Å². The normalized spacial score (nSPS) is 15.0. The fraction of sp³-hybridized carbons (Fsp3) is 0.538. The zero-order chi connectivity index (χ0) is 77.8. The summed E-state index contributed by atoms with van der Waals surface area (Å²) in [5.74, 6) is -7.69. The molecule has 0 radical (unpaired) electrons. The third-order valence-corrected chi connectivity index (χ3v) is 19.3. The molecule has 5 rings (SSSR count). The van der Waals surface area contributed by atoms with Crippen molar-refractivity contribution in [3.05, 3.63) is 144 Å². The van der Waals surface area contributed by atoms with E-state index in [4.69, 9.17) is 10.6 Å². The molecular formula is C78H113N13O14. The van der Waals surface area contributed by atoms with Crippen LogP contribution in [0.4, 0.5) is 0 Å². The number of aliphatic hydroxyl groups is 1. The van der Waals surface area contributed by atoms with Gasteiger partial charge in [0.2, 0.25) is 70.9 Å². The topological polar surface area (TPSA) is 334 Å². The number of benzene rings is 4. The summed E-state index contributed by atoms with van der Waals surface area (Å²) in [6.07, 6.45) is 1.31. The molecule has 3 unspecified atom stereocenters. The van der Waals surface area contributed by atoms with Crippen molar-refractivity contribution in [3.63, 3.8) is 0 Å². The highest BCUT2D eigenvalue weighted by Crippen LogP contribution is 2.23. The van der Waals surface area contributed by atoms with E-state index in [1.165, 1.54) is 90.6 Å². The summed E-state index contributed by atoms with van der Waals surface area (Å²) < 4.78 is 0. The first-order valence-electron chi connectivity index (χ1n) is 36.2. The minimum atomic E-state index is -1.31. The Morgan fingerprint density at radius 3 is 1.38 bits per heavy atom. The Kier molecular flexibility index (Phi) is 34.7. The summed E-state index contributed by atoms with van der Waals surface area (Å²) in [6.45, 7) is 12.1. The number of rotatable bonds is 40. The molecule has 1 heterocycles. The molecule has 0 bridgehead atoms. The van der Waals surface area contributed by atoms with Gasteiger partial charge in [0.1, 0.15) is 54.4 Å². The van der Waals surface area contributed by atoms with E-state index in [1.807, 2.05) is 56.3 Å². The predicted octanol–water partition coefficient (Wildman–Crippen LogP) is 3.14. The number of primary amides is 1. The average molecular weight is 1460 g/mol. The van der Waals surface area contributed by atoms with Gasteiger partial charge in [-0.15, -0.1) is 0 Å². The van der Waals surface area contributed by atoms with Gasteiger partial charge in [-0.1, -0.05) is 149 Å². The Balaban J connectivity index is 1.29. The fourth-order valence-corrected chi connectivity index (χ4v) is 12.5. The van der Waals surface area contributed by atoms with Crippen molar-refractivity contribution in [3.8, 4) is 0 Å². The van der Waals surface area contributed by atoms with Gasteiger partial charge in [-0.3, -0.25) is 62.4 Å². The molecule has 0 spiro atoms. The zero-order valence-electron chi connectivity index (χ0n) is 63.7. The summed E-state index contributed by atoms with van der Waals surface area (Å²) in [5.41, 5.74) is 8.41. The number of hydrogen-bond acceptors (Lipinski definition) is 15. The Bertz CT molecular complexity index is 3510. The molecule has 1 aliphatic rings. The van der Waals surface area contributed by atoms with Gasteiger partial charge in [0.25, 0.3) is 0 Å². The first-order valence-corrected chi connectivity index (χ1v) is 36.2. The molecule has 1 fully saturated rings. The highest BCUT2D eigenvalue weighted by molar-refractivity contribution is 5.98. The molecule has 10 atom stereocenters. The summed E-state index contributed by atoms with van der Waals surface area (Å²) in [6, 6.07) is 25.9. The molecule has 574 valence electrons. The monoisotopic (exact) mass is 1460 g/mol. The molecular weight excluding hydrogens is 1340 g/mol. The van der Waals surface area contributed by atoms with E-state index in [1.54, 1.807) is 112 Å². The summed E-state index contributed by atoms with van der Waals surface area (Å²) >= 11 is 0. The summed E-state index contributed by atoms with van der Waals surface area (Å²) in [7, 11) is 10.2. The van der Waals surface area contributed by atoms with Gasteiger partial charge in [-0.2, -0.15) is 5.06 Å². The number of amides is 12. The van der Waals surface area contributed by atoms with Crippen LogP contribution in [0, 0.1) is 11.8 Å². The molecule has 0 aliphatic carbocycles. The fourth-order valence-electron chi connectivity index (χ4n) is 12.5. The van der Waals surface area contributed by atoms with Crippen LogP contribution in [-0.4, -0.2) is 258 Å². The number of likely N-dealkylation sites (tertiary alicyclic amines) is 1. The van der Waals surface area contributed by atoms with Crippen LogP contribution in [0.25, 0.3) is 0 Å². The molecule has 105 heavy (non-hydrogen) atoms. The standard InChI is InChI=1S/C78H113N13O14/c1-51(2)44-63(76(102)87(11)61(46-56-30-20-15-21-31-56)71(97)80-50-68(95)86(10)64(48-58-34-24-17-25-35-58)75(101)85(9)55(7)70(79)96)90(14)78(104)69(52(3)4)83-66(93)38-42-84(8)105-43-39-60(82-67(94)45-53(5)92)74(100)89(13)65(49-59-36-26-18-27-37-59)77(103)88(12)62(47-57-32-22-16-23-33-57)72(98)81-54(6)73(99)91-40-28-19-29-41-91/h15-18,20-27,30-37,51-55,60-65,69,92H,19,28-29,38-50H2,1-14H3,(H2,79,96)(H,80,97)(H,81,98)(H,82,94)(H,83,93)/t53?,54-,55-,60?,61?,62-,63-,64-,65-,69-/m0/s1. The van der Waals surface area contributed by atoms with E-state index in [9.17, 15) is 53.1 Å². The Hall–Kier alpha value is -9.60. The van der Waals surface area contributed by atoms with Crippen molar-refractivity contribution in [1.82, 2.24) is 60.6 Å². The second-order valence-electron chi connectivity index (χ2n) is 28.3. The molecule has 1 saturated heterocycles. The molecule has 4 aromatic rings. The maximum Gasteiger partial charge on any atom is 0.246 e. The molecule has 12 amide bonds. The van der Waals surface area contributed by atoms with E-state index in [-0.39, 0.29) is 76.3 Å². The van der Waals surface area contributed by atoms with Crippen molar-refractivity contribution >= 4 is 70.9 Å². The van der Waals surface area contributed by atoms with Crippen LogP contribution < -0.4 is 27.0 Å². The van der Waals surface area contributed by atoms with Gasteiger partial charge in [0.15, 0.2) is 0 Å². The lowest BCUT2D eigenvalue weighted by molar-refractivity contribution is -0.155. The van der Waals surface area contributed by atoms with Gasteiger partial charge < -0.3 is 66.4 Å². The lowest BCUT2D eigenvalue weighted by Crippen LogP contribution is -2.59. The van der Waals surface area contributed by atoms with Crippen LogP contribution in [0.5, 0.6) is 0 Å². The Labute approximate surface area is 619 Å². The van der Waals surface area contributed by atoms with E-state index in [2.05, 4.69) is 21.3 Å². The van der Waals surface area contributed by atoms with Crippen LogP contribution in [0.1, 0.15) is 116 Å². The second kappa shape index (κ2) is 42.4. The molecule has 1 aliphatic heterocycles. The van der Waals surface area contributed by atoms with Crippen molar-refractivity contribution < 1.29 is 67.5 Å². The first kappa shape index (κ1) is 86.0. The molecule has 0 aromatic heterocycles. The number of nitrogens with one attached hydrogen (secondary N) is 4. The first-order chi connectivity index (χ1) is 49.7. The summed E-state index contributed by atoms with van der Waals surface area (Å²) in [5, 5.41) is 22.7. The highest BCUT2D eigenvalue weighted by atomic mass is 16.7. The van der Waals surface area contributed by atoms with Crippen molar-refractivity contribution in [2.75, 3.05) is 82.1 Å². The number of nitrogens with two attached hydrogens (primary N) is 1. The summed E-state index contributed by atoms with van der Waals surface area (Å²) in [4.78, 5) is 185. The number of hydroxylamine groups is 2. The number of carbonyl (C=O) groups excluding carboxylic acids is 12.